The van der Waals surface area contributed by atoms with Gasteiger partial charge in [0.2, 0.25) is 0 Å². The van der Waals surface area contributed by atoms with E-state index in [1.165, 1.54) is 6.42 Å². The SMILES string of the molecule is CC1C2CCC(=O)OC1C(C)(C)C2. The monoisotopic (exact) mass is 182 g/mol. The Bertz CT molecular complexity index is 232. The number of ether oxygens (including phenoxy) is 1. The first-order valence-electron chi connectivity index (χ1n) is 5.20. The molecule has 0 spiro atoms. The van der Waals surface area contributed by atoms with Crippen molar-refractivity contribution in [2.45, 2.75) is 46.1 Å². The molecule has 0 N–H and O–H groups in total. The van der Waals surface area contributed by atoms with Crippen LogP contribution in [0.15, 0.2) is 0 Å². The van der Waals surface area contributed by atoms with Gasteiger partial charge < -0.3 is 4.74 Å². The molecule has 74 valence electrons. The van der Waals surface area contributed by atoms with Crippen LogP contribution in [0.25, 0.3) is 0 Å². The molecule has 0 aromatic carbocycles. The fourth-order valence-electron chi connectivity index (χ4n) is 3.07. The van der Waals surface area contributed by atoms with Crippen LogP contribution in [0.5, 0.6) is 0 Å². The van der Waals surface area contributed by atoms with Crippen LogP contribution < -0.4 is 0 Å². The molecule has 0 aromatic heterocycles. The van der Waals surface area contributed by atoms with E-state index in [-0.39, 0.29) is 17.5 Å². The first kappa shape index (κ1) is 9.04. The minimum Gasteiger partial charge on any atom is -0.461 e. The quantitative estimate of drug-likeness (QED) is 0.538. The number of fused-ring (bicyclic) bond motifs is 2. The lowest BCUT2D eigenvalue weighted by molar-refractivity contribution is -0.154. The fraction of sp³-hybridized carbons (Fsp3) is 0.909. The third-order valence-corrected chi connectivity index (χ3v) is 3.76. The highest BCUT2D eigenvalue weighted by molar-refractivity contribution is 5.70. The Hall–Kier alpha value is -0.530. The molecule has 0 amide bonds. The minimum absolute atomic E-state index is 0.00660. The summed E-state index contributed by atoms with van der Waals surface area (Å²) in [5.74, 6) is 1.26. The molecule has 1 saturated heterocycles. The number of carbonyl (C=O) groups is 1. The Morgan fingerprint density at radius 2 is 2.15 bits per heavy atom. The molecule has 0 radical (unpaired) electrons. The molecule has 1 aliphatic carbocycles. The van der Waals surface area contributed by atoms with E-state index in [0.29, 0.717) is 18.3 Å². The predicted octanol–water partition coefficient (Wildman–Crippen LogP) is 2.37. The van der Waals surface area contributed by atoms with Crippen LogP contribution in [-0.4, -0.2) is 12.1 Å². The van der Waals surface area contributed by atoms with Crippen molar-refractivity contribution in [2.75, 3.05) is 0 Å². The van der Waals surface area contributed by atoms with Crippen LogP contribution in [-0.2, 0) is 9.53 Å². The molecule has 3 atom stereocenters. The molecular weight excluding hydrogens is 164 g/mol. The highest BCUT2D eigenvalue weighted by Gasteiger charge is 2.49. The smallest absolute Gasteiger partial charge is 0.306 e. The average molecular weight is 182 g/mol. The second-order valence-corrected chi connectivity index (χ2v) is 5.26. The van der Waals surface area contributed by atoms with Crippen molar-refractivity contribution >= 4 is 5.97 Å². The second kappa shape index (κ2) is 2.73. The van der Waals surface area contributed by atoms with Gasteiger partial charge in [-0.05, 0) is 24.7 Å². The van der Waals surface area contributed by atoms with E-state index >= 15 is 0 Å². The first-order chi connectivity index (χ1) is 6.00. The molecular formula is C11H18O2. The van der Waals surface area contributed by atoms with Crippen molar-refractivity contribution in [3.8, 4) is 0 Å². The number of hydrogen-bond donors (Lipinski definition) is 0. The summed E-state index contributed by atoms with van der Waals surface area (Å²) in [5.41, 5.74) is 0.195. The van der Waals surface area contributed by atoms with Gasteiger partial charge in [-0.15, -0.1) is 0 Å². The van der Waals surface area contributed by atoms with Gasteiger partial charge in [0.05, 0.1) is 0 Å². The molecule has 0 aromatic rings. The van der Waals surface area contributed by atoms with Crippen molar-refractivity contribution in [1.29, 1.82) is 0 Å². The summed E-state index contributed by atoms with van der Waals surface area (Å²) in [5, 5.41) is 0. The second-order valence-electron chi connectivity index (χ2n) is 5.26. The van der Waals surface area contributed by atoms with Gasteiger partial charge in [0, 0.05) is 11.8 Å². The van der Waals surface area contributed by atoms with Crippen LogP contribution in [0.4, 0.5) is 0 Å². The first-order valence-corrected chi connectivity index (χ1v) is 5.20. The zero-order valence-electron chi connectivity index (χ0n) is 8.67. The largest absolute Gasteiger partial charge is 0.461 e. The van der Waals surface area contributed by atoms with Crippen LogP contribution >= 0.6 is 0 Å². The molecule has 2 rings (SSSR count). The van der Waals surface area contributed by atoms with E-state index in [4.69, 9.17) is 4.74 Å². The normalized spacial score (nSPS) is 42.7. The van der Waals surface area contributed by atoms with Gasteiger partial charge in [-0.3, -0.25) is 4.79 Å². The van der Waals surface area contributed by atoms with Crippen molar-refractivity contribution in [3.05, 3.63) is 0 Å². The predicted molar refractivity (Wildman–Crippen MR) is 50.2 cm³/mol. The molecule has 3 unspecified atom stereocenters. The third kappa shape index (κ3) is 1.36. The summed E-state index contributed by atoms with van der Waals surface area (Å²) >= 11 is 0. The van der Waals surface area contributed by atoms with Crippen molar-refractivity contribution in [2.24, 2.45) is 17.3 Å². The number of esters is 1. The van der Waals surface area contributed by atoms with Crippen molar-refractivity contribution in [1.82, 2.24) is 0 Å². The molecule has 2 bridgehead atoms. The van der Waals surface area contributed by atoms with Gasteiger partial charge >= 0.3 is 5.97 Å². The lowest BCUT2D eigenvalue weighted by Crippen LogP contribution is -2.31. The van der Waals surface area contributed by atoms with Crippen LogP contribution in [0, 0.1) is 17.3 Å². The summed E-state index contributed by atoms with van der Waals surface area (Å²) in [7, 11) is 0. The lowest BCUT2D eigenvalue weighted by Gasteiger charge is -2.28. The van der Waals surface area contributed by atoms with Gasteiger partial charge in [-0.2, -0.15) is 0 Å². The van der Waals surface area contributed by atoms with E-state index in [0.717, 1.165) is 6.42 Å². The maximum atomic E-state index is 11.3. The van der Waals surface area contributed by atoms with E-state index < -0.39 is 0 Å². The Balaban J connectivity index is 2.26. The Morgan fingerprint density at radius 1 is 1.46 bits per heavy atom. The van der Waals surface area contributed by atoms with Crippen LogP contribution in [0.1, 0.15) is 40.0 Å². The van der Waals surface area contributed by atoms with E-state index in [2.05, 4.69) is 20.8 Å². The number of carbonyl (C=O) groups excluding carboxylic acids is 1. The summed E-state index contributed by atoms with van der Waals surface area (Å²) in [4.78, 5) is 11.3. The molecule has 1 heterocycles. The Kier molecular flexibility index (Phi) is 1.90. The van der Waals surface area contributed by atoms with Gasteiger partial charge in [-0.1, -0.05) is 20.8 Å². The zero-order chi connectivity index (χ0) is 9.64. The maximum absolute atomic E-state index is 11.3. The average Bonchev–Trinajstić information content (AvgIpc) is 2.18. The van der Waals surface area contributed by atoms with Crippen LogP contribution in [0.3, 0.4) is 0 Å². The highest BCUT2D eigenvalue weighted by atomic mass is 16.5. The summed E-state index contributed by atoms with van der Waals surface area (Å²) < 4.78 is 5.49. The third-order valence-electron chi connectivity index (χ3n) is 3.76. The molecule has 1 aliphatic heterocycles. The molecule has 1 saturated carbocycles. The highest BCUT2D eigenvalue weighted by Crippen LogP contribution is 2.50. The lowest BCUT2D eigenvalue weighted by atomic mass is 9.87. The topological polar surface area (TPSA) is 26.3 Å². The van der Waals surface area contributed by atoms with E-state index in [1.54, 1.807) is 0 Å². The summed E-state index contributed by atoms with van der Waals surface area (Å²) in [6.45, 7) is 6.65. The standard InChI is InChI=1S/C11H18O2/c1-7-8-4-5-9(12)13-10(7)11(2,3)6-8/h7-8,10H,4-6H2,1-3H3. The number of hydrogen-bond acceptors (Lipinski definition) is 2. The molecule has 13 heavy (non-hydrogen) atoms. The van der Waals surface area contributed by atoms with E-state index in [9.17, 15) is 4.79 Å². The van der Waals surface area contributed by atoms with Gasteiger partial charge in [-0.25, -0.2) is 0 Å². The molecule has 2 fully saturated rings. The van der Waals surface area contributed by atoms with Gasteiger partial charge in [0.1, 0.15) is 6.10 Å². The van der Waals surface area contributed by atoms with Crippen molar-refractivity contribution in [3.63, 3.8) is 0 Å². The fourth-order valence-corrected chi connectivity index (χ4v) is 3.07. The molecule has 2 heteroatoms. The Labute approximate surface area is 79.7 Å². The molecule has 2 aliphatic rings. The summed E-state index contributed by atoms with van der Waals surface area (Å²) in [6.07, 6.45) is 3.03. The molecule has 2 nitrogen and oxygen atoms in total. The Morgan fingerprint density at radius 3 is 2.85 bits per heavy atom. The van der Waals surface area contributed by atoms with Gasteiger partial charge in [0.25, 0.3) is 0 Å². The number of rotatable bonds is 0. The zero-order valence-corrected chi connectivity index (χ0v) is 8.67. The van der Waals surface area contributed by atoms with E-state index in [1.807, 2.05) is 0 Å². The minimum atomic E-state index is 0.00660. The van der Waals surface area contributed by atoms with Crippen LogP contribution in [0.2, 0.25) is 0 Å². The summed E-state index contributed by atoms with van der Waals surface area (Å²) in [6, 6.07) is 0. The van der Waals surface area contributed by atoms with Crippen molar-refractivity contribution < 1.29 is 9.53 Å². The maximum Gasteiger partial charge on any atom is 0.306 e. The van der Waals surface area contributed by atoms with Gasteiger partial charge in [0.15, 0.2) is 0 Å².